The average Bonchev–Trinajstić information content (AvgIpc) is 2.58. The van der Waals surface area contributed by atoms with Crippen LogP contribution in [0.3, 0.4) is 0 Å². The van der Waals surface area contributed by atoms with Crippen LogP contribution >= 0.6 is 0 Å². The fourth-order valence-corrected chi connectivity index (χ4v) is 1.79. The summed E-state index contributed by atoms with van der Waals surface area (Å²) in [7, 11) is 1.35. The molecule has 1 rings (SSSR count). The molecule has 0 aliphatic rings. The maximum atomic E-state index is 11.6. The Morgan fingerprint density at radius 3 is 2.57 bits per heavy atom. The zero-order chi connectivity index (χ0) is 16.9. The Morgan fingerprint density at radius 1 is 1.17 bits per heavy atom. The minimum atomic E-state index is -0.268. The van der Waals surface area contributed by atoms with Crippen molar-refractivity contribution in [2.24, 2.45) is 0 Å². The van der Waals surface area contributed by atoms with Crippen LogP contribution in [-0.4, -0.2) is 32.1 Å². The van der Waals surface area contributed by atoms with Crippen LogP contribution in [0.1, 0.15) is 38.2 Å². The number of methoxy groups -OCH3 is 1. The maximum Gasteiger partial charge on any atom is 0.305 e. The van der Waals surface area contributed by atoms with Crippen molar-refractivity contribution in [3.63, 3.8) is 0 Å². The molecule has 126 valence electrons. The van der Waals surface area contributed by atoms with Crippen molar-refractivity contribution >= 4 is 18.0 Å². The first-order valence-corrected chi connectivity index (χ1v) is 7.91. The molecular weight excluding hydrogens is 294 g/mol. The molecule has 1 aromatic rings. The number of amides is 1. The van der Waals surface area contributed by atoms with E-state index in [2.05, 4.69) is 17.0 Å². The van der Waals surface area contributed by atoms with Crippen LogP contribution in [0.15, 0.2) is 30.3 Å². The molecular formula is C18H25NO4. The fourth-order valence-electron chi connectivity index (χ4n) is 1.79. The summed E-state index contributed by atoms with van der Waals surface area (Å²) in [6.45, 7) is 3.29. The van der Waals surface area contributed by atoms with Gasteiger partial charge in [-0.1, -0.05) is 25.5 Å². The minimum absolute atomic E-state index is 0.182. The Hall–Kier alpha value is -2.30. The summed E-state index contributed by atoms with van der Waals surface area (Å²) < 4.78 is 10.1. The van der Waals surface area contributed by atoms with Gasteiger partial charge < -0.3 is 14.8 Å². The van der Waals surface area contributed by atoms with E-state index >= 15 is 0 Å². The van der Waals surface area contributed by atoms with Crippen molar-refractivity contribution in [3.8, 4) is 5.75 Å². The van der Waals surface area contributed by atoms with Crippen molar-refractivity contribution in [2.75, 3.05) is 20.3 Å². The van der Waals surface area contributed by atoms with E-state index in [1.165, 1.54) is 13.2 Å². The lowest BCUT2D eigenvalue weighted by Crippen LogP contribution is -2.22. The number of ether oxygens (including phenoxy) is 2. The highest BCUT2D eigenvalue weighted by Gasteiger charge is 2.00. The smallest absolute Gasteiger partial charge is 0.305 e. The van der Waals surface area contributed by atoms with E-state index in [4.69, 9.17) is 4.74 Å². The van der Waals surface area contributed by atoms with Gasteiger partial charge in [0, 0.05) is 19.0 Å². The summed E-state index contributed by atoms with van der Waals surface area (Å²) >= 11 is 0. The molecule has 1 amide bonds. The monoisotopic (exact) mass is 319 g/mol. The highest BCUT2D eigenvalue weighted by Crippen LogP contribution is 2.13. The van der Waals surface area contributed by atoms with Gasteiger partial charge in [-0.25, -0.2) is 0 Å². The lowest BCUT2D eigenvalue weighted by atomic mass is 10.2. The van der Waals surface area contributed by atoms with E-state index in [-0.39, 0.29) is 11.9 Å². The number of rotatable bonds is 10. The van der Waals surface area contributed by atoms with Gasteiger partial charge in [0.25, 0.3) is 0 Å². The molecule has 0 spiro atoms. The van der Waals surface area contributed by atoms with Crippen molar-refractivity contribution in [2.45, 2.75) is 32.6 Å². The second kappa shape index (κ2) is 11.3. The lowest BCUT2D eigenvalue weighted by molar-refractivity contribution is -0.140. The number of unbranched alkanes of at least 4 members (excludes halogenated alkanes) is 1. The van der Waals surface area contributed by atoms with E-state index in [1.807, 2.05) is 24.3 Å². The quantitative estimate of drug-likeness (QED) is 0.409. The van der Waals surface area contributed by atoms with E-state index in [0.717, 1.165) is 30.8 Å². The number of hydrogen-bond donors (Lipinski definition) is 1. The van der Waals surface area contributed by atoms with Gasteiger partial charge in [0.05, 0.1) is 13.7 Å². The molecule has 0 heterocycles. The summed E-state index contributed by atoms with van der Waals surface area (Å²) in [6, 6.07) is 7.60. The minimum Gasteiger partial charge on any atom is -0.494 e. The van der Waals surface area contributed by atoms with Gasteiger partial charge in [0.1, 0.15) is 5.75 Å². The van der Waals surface area contributed by atoms with Crippen LogP contribution in [-0.2, 0) is 14.3 Å². The van der Waals surface area contributed by atoms with Crippen molar-refractivity contribution in [1.82, 2.24) is 5.32 Å². The maximum absolute atomic E-state index is 11.6. The normalized spacial score (nSPS) is 10.5. The second-order valence-corrected chi connectivity index (χ2v) is 5.08. The molecule has 0 radical (unpaired) electrons. The average molecular weight is 319 g/mol. The Labute approximate surface area is 137 Å². The molecule has 23 heavy (non-hydrogen) atoms. The van der Waals surface area contributed by atoms with E-state index in [9.17, 15) is 9.59 Å². The Bertz CT molecular complexity index is 508. The van der Waals surface area contributed by atoms with Crippen LogP contribution in [0.25, 0.3) is 6.08 Å². The van der Waals surface area contributed by atoms with Crippen LogP contribution < -0.4 is 10.1 Å². The van der Waals surface area contributed by atoms with Crippen LogP contribution in [0.5, 0.6) is 5.75 Å². The van der Waals surface area contributed by atoms with Gasteiger partial charge in [-0.15, -0.1) is 0 Å². The SMILES string of the molecule is CCCCOc1ccc(/C=C/C(=O)NCCCC(=O)OC)cc1. The molecule has 0 aliphatic carbocycles. The number of carbonyl (C=O) groups excluding carboxylic acids is 2. The molecule has 0 unspecified atom stereocenters. The molecule has 1 N–H and O–H groups in total. The summed E-state index contributed by atoms with van der Waals surface area (Å²) in [6.07, 6.45) is 6.24. The van der Waals surface area contributed by atoms with Crippen LogP contribution in [0.2, 0.25) is 0 Å². The van der Waals surface area contributed by atoms with Crippen LogP contribution in [0.4, 0.5) is 0 Å². The summed E-state index contributed by atoms with van der Waals surface area (Å²) in [5.41, 5.74) is 0.928. The number of esters is 1. The lowest BCUT2D eigenvalue weighted by Gasteiger charge is -2.05. The van der Waals surface area contributed by atoms with E-state index in [1.54, 1.807) is 6.08 Å². The van der Waals surface area contributed by atoms with Crippen LogP contribution in [0, 0.1) is 0 Å². The van der Waals surface area contributed by atoms with Crippen molar-refractivity contribution in [3.05, 3.63) is 35.9 Å². The topological polar surface area (TPSA) is 64.6 Å². The molecule has 5 nitrogen and oxygen atoms in total. The first-order chi connectivity index (χ1) is 11.2. The first-order valence-electron chi connectivity index (χ1n) is 7.91. The predicted molar refractivity (Wildman–Crippen MR) is 90.1 cm³/mol. The molecule has 0 fully saturated rings. The summed E-state index contributed by atoms with van der Waals surface area (Å²) in [5, 5.41) is 2.72. The number of hydrogen-bond acceptors (Lipinski definition) is 4. The highest BCUT2D eigenvalue weighted by molar-refractivity contribution is 5.91. The van der Waals surface area contributed by atoms with E-state index < -0.39 is 0 Å². The van der Waals surface area contributed by atoms with Gasteiger partial charge in [-0.2, -0.15) is 0 Å². The third kappa shape index (κ3) is 8.66. The Morgan fingerprint density at radius 2 is 1.91 bits per heavy atom. The molecule has 1 aromatic carbocycles. The number of nitrogens with one attached hydrogen (secondary N) is 1. The van der Waals surface area contributed by atoms with Gasteiger partial charge in [-0.05, 0) is 36.6 Å². The first kappa shape index (κ1) is 18.7. The molecule has 0 aromatic heterocycles. The molecule has 0 bridgehead atoms. The third-order valence-electron chi connectivity index (χ3n) is 3.16. The Balaban J connectivity index is 2.30. The number of carbonyl (C=O) groups is 2. The fraction of sp³-hybridized carbons (Fsp3) is 0.444. The molecule has 0 aliphatic heterocycles. The van der Waals surface area contributed by atoms with Crippen molar-refractivity contribution in [1.29, 1.82) is 0 Å². The van der Waals surface area contributed by atoms with Gasteiger partial charge in [-0.3, -0.25) is 9.59 Å². The van der Waals surface area contributed by atoms with E-state index in [0.29, 0.717) is 19.4 Å². The molecule has 0 atom stereocenters. The summed E-state index contributed by atoms with van der Waals surface area (Å²) in [4.78, 5) is 22.6. The number of benzene rings is 1. The standard InChI is InChI=1S/C18H25NO4/c1-3-4-14-23-16-10-7-15(8-11-16)9-12-17(20)19-13-5-6-18(21)22-2/h7-12H,3-6,13-14H2,1-2H3,(H,19,20)/b12-9+. The van der Waals surface area contributed by atoms with Crippen molar-refractivity contribution < 1.29 is 19.1 Å². The zero-order valence-electron chi connectivity index (χ0n) is 13.8. The third-order valence-corrected chi connectivity index (χ3v) is 3.16. The second-order valence-electron chi connectivity index (χ2n) is 5.08. The Kier molecular flexibility index (Phi) is 9.20. The largest absolute Gasteiger partial charge is 0.494 e. The molecule has 0 saturated heterocycles. The highest BCUT2D eigenvalue weighted by atomic mass is 16.5. The predicted octanol–water partition coefficient (Wildman–Crippen LogP) is 2.95. The molecule has 5 heteroatoms. The van der Waals surface area contributed by atoms with Gasteiger partial charge in [0.2, 0.25) is 5.91 Å². The summed E-state index contributed by atoms with van der Waals surface area (Å²) in [5.74, 6) is 0.386. The molecule has 0 saturated carbocycles. The van der Waals surface area contributed by atoms with Gasteiger partial charge >= 0.3 is 5.97 Å². The zero-order valence-corrected chi connectivity index (χ0v) is 13.8. The van der Waals surface area contributed by atoms with Gasteiger partial charge in [0.15, 0.2) is 0 Å².